The van der Waals surface area contributed by atoms with E-state index in [-0.39, 0.29) is 17.5 Å². The number of ketones is 2. The van der Waals surface area contributed by atoms with Crippen molar-refractivity contribution >= 4 is 46.9 Å². The number of benzene rings is 1. The SMILES string of the molecule is CN(C)[C@H]1C(=O)C(C(=O)NCN[C@@H]2C(=O)N3[C@@H]2SC(C)(C)[C@@H]3C(=O)O)=C(O)[C@@]2(O)C(=O)C3=C(O)c4c(O)cccc4[C@@](C)(O)[C@@H]3C[C@@H]12. The van der Waals surface area contributed by atoms with E-state index in [1.807, 2.05) is 0 Å². The van der Waals surface area contributed by atoms with Gasteiger partial charge in [-0.2, -0.15) is 0 Å². The molecule has 5 aliphatic rings. The summed E-state index contributed by atoms with van der Waals surface area (Å²) in [6.45, 7) is 4.42. The number of carboxylic acid groups (broad SMARTS) is 1. The van der Waals surface area contributed by atoms with Crippen LogP contribution in [0.2, 0.25) is 0 Å². The van der Waals surface area contributed by atoms with Crippen molar-refractivity contribution in [2.24, 2.45) is 11.8 Å². The number of fused-ring (bicyclic) bond motifs is 4. The first-order valence-electron chi connectivity index (χ1n) is 14.9. The van der Waals surface area contributed by atoms with E-state index in [0.29, 0.717) is 0 Å². The van der Waals surface area contributed by atoms with Gasteiger partial charge >= 0.3 is 5.97 Å². The van der Waals surface area contributed by atoms with Crippen LogP contribution in [0.15, 0.2) is 35.1 Å². The monoisotopic (exact) mass is 672 g/mol. The number of likely N-dealkylation sites (N-methyl/N-ethyl adjacent to an activating group) is 1. The van der Waals surface area contributed by atoms with E-state index in [9.17, 15) is 54.6 Å². The quantitative estimate of drug-likeness (QED) is 0.106. The maximum absolute atomic E-state index is 14.2. The maximum atomic E-state index is 14.2. The van der Waals surface area contributed by atoms with Crippen molar-refractivity contribution in [3.8, 4) is 5.75 Å². The molecule has 0 bridgehead atoms. The van der Waals surface area contributed by atoms with Gasteiger partial charge in [0, 0.05) is 22.2 Å². The number of nitrogens with one attached hydrogen (secondary N) is 2. The summed E-state index contributed by atoms with van der Waals surface area (Å²) in [5.41, 5.74) is -6.17. The van der Waals surface area contributed by atoms with Gasteiger partial charge in [0.2, 0.25) is 11.7 Å². The molecule has 8 atom stereocenters. The number of aliphatic hydroxyl groups is 4. The Balaban J connectivity index is 1.31. The van der Waals surface area contributed by atoms with Crippen molar-refractivity contribution in [2.75, 3.05) is 20.8 Å². The third-order valence-electron chi connectivity index (χ3n) is 10.2. The molecule has 16 heteroatoms. The molecule has 2 aliphatic heterocycles. The minimum Gasteiger partial charge on any atom is -0.508 e. The van der Waals surface area contributed by atoms with E-state index in [4.69, 9.17) is 0 Å². The number of aliphatic hydroxyl groups excluding tert-OH is 2. The second kappa shape index (κ2) is 10.5. The molecule has 0 spiro atoms. The largest absolute Gasteiger partial charge is 0.508 e. The minimum absolute atomic E-state index is 0.129. The van der Waals surface area contributed by atoms with Crippen molar-refractivity contribution in [1.82, 2.24) is 20.4 Å². The predicted molar refractivity (Wildman–Crippen MR) is 165 cm³/mol. The van der Waals surface area contributed by atoms with Crippen LogP contribution in [0.1, 0.15) is 38.3 Å². The predicted octanol–water partition coefficient (Wildman–Crippen LogP) is -0.677. The van der Waals surface area contributed by atoms with Crippen molar-refractivity contribution in [2.45, 2.75) is 66.6 Å². The van der Waals surface area contributed by atoms with E-state index in [0.717, 1.165) is 0 Å². The number of hydrogen-bond donors (Lipinski definition) is 8. The number of rotatable bonds is 6. The normalized spacial score (nSPS) is 35.7. The van der Waals surface area contributed by atoms with Crippen LogP contribution in [0, 0.1) is 11.8 Å². The van der Waals surface area contributed by atoms with Gasteiger partial charge in [0.15, 0.2) is 11.4 Å². The highest BCUT2D eigenvalue weighted by Crippen LogP contribution is 2.57. The number of carboxylic acids is 1. The molecule has 0 aromatic heterocycles. The number of hydrogen-bond acceptors (Lipinski definition) is 13. The number of β-lactam (4-membered cyclic amide) rings is 1. The zero-order valence-corrected chi connectivity index (χ0v) is 27.0. The first kappa shape index (κ1) is 33.0. The lowest BCUT2D eigenvalue weighted by Crippen LogP contribution is -2.70. The number of phenolic OH excluding ortho intramolecular Hbond substituents is 1. The van der Waals surface area contributed by atoms with Gasteiger partial charge in [0.1, 0.15) is 40.3 Å². The summed E-state index contributed by atoms with van der Waals surface area (Å²) in [4.78, 5) is 68.7. The van der Waals surface area contributed by atoms with Gasteiger partial charge in [-0.25, -0.2) is 4.79 Å². The van der Waals surface area contributed by atoms with Crippen LogP contribution >= 0.6 is 11.8 Å². The van der Waals surface area contributed by atoms with Crippen molar-refractivity contribution in [3.05, 3.63) is 46.2 Å². The Labute approximate surface area is 272 Å². The molecule has 47 heavy (non-hydrogen) atoms. The Morgan fingerprint density at radius 3 is 2.36 bits per heavy atom. The number of carbonyl (C=O) groups excluding carboxylic acids is 4. The number of phenols is 1. The number of carbonyl (C=O) groups is 5. The number of amides is 2. The number of aromatic hydroxyl groups is 1. The van der Waals surface area contributed by atoms with Gasteiger partial charge in [0.25, 0.3) is 5.91 Å². The lowest BCUT2D eigenvalue weighted by molar-refractivity contribution is -0.160. The Hall–Kier alpha value is -3.96. The standard InChI is InChI=1S/C31H36N4O11S/c1-29(2)22(28(43)44)35-26(42)18(27(35)47-29)32-10-33-25(41)17-21(38)19(34(4)5)13-9-12-16(23(39)31(13,46)24(17)40)20(37)15-11(30(12,3)45)7-6-8-14(15)36/h6-8,12-13,18-19,22,27,32,36-37,40,45-46H,9-10H2,1-5H3,(H,33,41)(H,43,44)/t12-,13+,18-,19-,22+,27-,30-,31+/m1/s1. The molecule has 1 saturated carbocycles. The van der Waals surface area contributed by atoms with E-state index in [1.54, 1.807) is 13.8 Å². The molecule has 0 unspecified atom stereocenters. The second-order valence-corrected chi connectivity index (χ2v) is 15.3. The Morgan fingerprint density at radius 1 is 1.09 bits per heavy atom. The molecule has 2 amide bonds. The van der Waals surface area contributed by atoms with Crippen molar-refractivity contribution in [3.63, 3.8) is 0 Å². The molecule has 1 aromatic rings. The summed E-state index contributed by atoms with van der Waals surface area (Å²) in [6, 6.07) is 0.968. The fourth-order valence-corrected chi connectivity index (χ4v) is 9.67. The molecule has 2 heterocycles. The summed E-state index contributed by atoms with van der Waals surface area (Å²) in [7, 11) is 2.97. The first-order valence-corrected chi connectivity index (χ1v) is 15.8. The highest BCUT2D eigenvalue weighted by molar-refractivity contribution is 8.01. The van der Waals surface area contributed by atoms with Crippen molar-refractivity contribution in [1.29, 1.82) is 0 Å². The average molecular weight is 673 g/mol. The average Bonchev–Trinajstić information content (AvgIpc) is 3.23. The van der Waals surface area contributed by atoms with Crippen LogP contribution in [-0.2, 0) is 29.6 Å². The lowest BCUT2D eigenvalue weighted by atomic mass is 9.54. The van der Waals surface area contributed by atoms with Gasteiger partial charge in [-0.05, 0) is 52.9 Å². The molecule has 15 nitrogen and oxygen atoms in total. The van der Waals surface area contributed by atoms with Gasteiger partial charge in [0.05, 0.1) is 23.9 Å². The number of thioether (sulfide) groups is 1. The summed E-state index contributed by atoms with van der Waals surface area (Å²) in [6.07, 6.45) is -0.272. The second-order valence-electron chi connectivity index (χ2n) is 13.6. The summed E-state index contributed by atoms with van der Waals surface area (Å²) in [5.74, 6) is -9.79. The van der Waals surface area contributed by atoms with Crippen LogP contribution in [-0.4, -0.2) is 124 Å². The Morgan fingerprint density at radius 2 is 1.74 bits per heavy atom. The van der Waals surface area contributed by atoms with Crippen LogP contribution < -0.4 is 10.6 Å². The molecule has 0 radical (unpaired) electrons. The zero-order valence-electron chi connectivity index (χ0n) is 26.1. The van der Waals surface area contributed by atoms with Crippen LogP contribution in [0.25, 0.3) is 5.76 Å². The van der Waals surface area contributed by atoms with Crippen LogP contribution in [0.3, 0.4) is 0 Å². The Bertz CT molecular complexity index is 1720. The van der Waals surface area contributed by atoms with Crippen LogP contribution in [0.5, 0.6) is 5.75 Å². The third-order valence-corrected chi connectivity index (χ3v) is 11.8. The van der Waals surface area contributed by atoms with Crippen LogP contribution in [0.4, 0.5) is 0 Å². The highest BCUT2D eigenvalue weighted by atomic mass is 32.2. The van der Waals surface area contributed by atoms with Gasteiger partial charge < -0.3 is 40.9 Å². The minimum atomic E-state index is -2.87. The lowest BCUT2D eigenvalue weighted by Gasteiger charge is -2.53. The molecular formula is C31H36N4O11S. The topological polar surface area (TPSA) is 237 Å². The van der Waals surface area contributed by atoms with Gasteiger partial charge in [-0.3, -0.25) is 29.4 Å². The summed E-state index contributed by atoms with van der Waals surface area (Å²) >= 11 is 1.29. The molecule has 2 saturated heterocycles. The zero-order chi connectivity index (χ0) is 34.7. The summed E-state index contributed by atoms with van der Waals surface area (Å²) in [5, 5.41) is 71.2. The first-order chi connectivity index (χ1) is 21.8. The van der Waals surface area contributed by atoms with Gasteiger partial charge in [-0.15, -0.1) is 11.8 Å². The van der Waals surface area contributed by atoms with Crippen molar-refractivity contribution < 1.29 is 54.6 Å². The van der Waals surface area contributed by atoms with Gasteiger partial charge in [-0.1, -0.05) is 12.1 Å². The van der Waals surface area contributed by atoms with E-state index in [2.05, 4.69) is 10.6 Å². The molecular weight excluding hydrogens is 636 g/mol. The maximum Gasteiger partial charge on any atom is 0.327 e. The number of aliphatic carboxylic acids is 1. The molecule has 6 rings (SSSR count). The number of nitrogens with zero attached hydrogens (tertiary/aromatic N) is 2. The van der Waals surface area contributed by atoms with E-state index >= 15 is 0 Å². The summed E-state index contributed by atoms with van der Waals surface area (Å²) < 4.78 is -0.772. The van der Waals surface area contributed by atoms with E-state index in [1.165, 1.54) is 60.8 Å². The smallest absolute Gasteiger partial charge is 0.327 e. The highest BCUT2D eigenvalue weighted by Gasteiger charge is 2.67. The molecule has 3 fully saturated rings. The number of Topliss-reactive ketones (excluding diaryl/α,β-unsaturated/α-hetero) is 2. The Kier molecular flexibility index (Phi) is 7.38. The molecule has 8 N–H and O–H groups in total. The van der Waals surface area contributed by atoms with E-state index < -0.39 is 116 Å². The fourth-order valence-electron chi connectivity index (χ4n) is 8.01. The molecule has 1 aromatic carbocycles. The third kappa shape index (κ3) is 4.31. The fraction of sp³-hybridized carbons (Fsp3) is 0.516. The molecule has 252 valence electrons. The molecule has 3 aliphatic carbocycles.